The summed E-state index contributed by atoms with van der Waals surface area (Å²) in [6, 6.07) is 10.5. The number of carbonyl (C=O) groups is 3. The smallest absolute Gasteiger partial charge is 0.294 e. The van der Waals surface area contributed by atoms with Gasteiger partial charge in [0.2, 0.25) is 5.91 Å². The number of methoxy groups -OCH3 is 2. The van der Waals surface area contributed by atoms with Crippen LogP contribution in [0.1, 0.15) is 11.1 Å². The van der Waals surface area contributed by atoms with Gasteiger partial charge < -0.3 is 14.8 Å². The molecule has 0 radical (unpaired) electrons. The molecule has 3 rings (SSSR count). The van der Waals surface area contributed by atoms with E-state index in [0.29, 0.717) is 17.2 Å². The summed E-state index contributed by atoms with van der Waals surface area (Å²) in [4.78, 5) is 38.5. The van der Waals surface area contributed by atoms with Crippen LogP contribution in [0, 0.1) is 6.92 Å². The fourth-order valence-electron chi connectivity index (χ4n) is 2.81. The number of anilines is 1. The Morgan fingerprint density at radius 2 is 1.77 bits per heavy atom. The molecule has 0 atom stereocenters. The highest BCUT2D eigenvalue weighted by Crippen LogP contribution is 2.35. The second kappa shape index (κ2) is 9.36. The zero-order chi connectivity index (χ0) is 21.8. The van der Waals surface area contributed by atoms with E-state index in [1.807, 2.05) is 6.92 Å². The summed E-state index contributed by atoms with van der Waals surface area (Å²) in [5.41, 5.74) is 2.15. The van der Waals surface area contributed by atoms with Crippen molar-refractivity contribution in [3.8, 4) is 11.5 Å². The first-order valence-electron chi connectivity index (χ1n) is 8.85. The number of halogens is 1. The number of carbonyl (C=O) groups excluding carboxylic acids is 3. The standard InChI is InChI=1S/C21H19BrN2O5S/c1-12-8-16(28-2)17(29-3)9-13(12)10-18-20(26)24(21(27)30-18)11-19(25)23-15-6-4-14(22)5-7-15/h4-10H,11H2,1-3H3,(H,23,25)/b18-10-. The summed E-state index contributed by atoms with van der Waals surface area (Å²) in [7, 11) is 3.07. The van der Waals surface area contributed by atoms with E-state index in [-0.39, 0.29) is 11.4 Å². The average molecular weight is 491 g/mol. The number of nitrogens with zero attached hydrogens (tertiary/aromatic N) is 1. The molecule has 0 unspecified atom stereocenters. The van der Waals surface area contributed by atoms with Crippen LogP contribution in [0.3, 0.4) is 0 Å². The van der Waals surface area contributed by atoms with Crippen LogP contribution in [0.25, 0.3) is 6.08 Å². The van der Waals surface area contributed by atoms with Gasteiger partial charge in [0.15, 0.2) is 11.5 Å². The quantitative estimate of drug-likeness (QED) is 0.602. The number of hydrogen-bond acceptors (Lipinski definition) is 6. The number of ether oxygens (including phenoxy) is 2. The van der Waals surface area contributed by atoms with E-state index in [2.05, 4.69) is 21.2 Å². The monoisotopic (exact) mass is 490 g/mol. The Bertz CT molecular complexity index is 1040. The summed E-state index contributed by atoms with van der Waals surface area (Å²) in [6.07, 6.45) is 1.62. The van der Waals surface area contributed by atoms with Crippen LogP contribution in [-0.4, -0.2) is 42.7 Å². The summed E-state index contributed by atoms with van der Waals surface area (Å²) < 4.78 is 11.4. The maximum atomic E-state index is 12.7. The molecule has 1 aliphatic heterocycles. The molecule has 1 aliphatic rings. The fraction of sp³-hybridized carbons (Fsp3) is 0.190. The molecule has 0 aromatic heterocycles. The Morgan fingerprint density at radius 3 is 2.40 bits per heavy atom. The minimum Gasteiger partial charge on any atom is -0.493 e. The molecular weight excluding hydrogens is 472 g/mol. The van der Waals surface area contributed by atoms with Crippen LogP contribution >= 0.6 is 27.7 Å². The molecule has 9 heteroatoms. The van der Waals surface area contributed by atoms with Crippen LogP contribution < -0.4 is 14.8 Å². The second-order valence-corrected chi connectivity index (χ2v) is 8.30. The van der Waals surface area contributed by atoms with Gasteiger partial charge in [0.05, 0.1) is 19.1 Å². The lowest BCUT2D eigenvalue weighted by molar-refractivity contribution is -0.127. The van der Waals surface area contributed by atoms with E-state index in [4.69, 9.17) is 9.47 Å². The van der Waals surface area contributed by atoms with Crippen LogP contribution in [0.15, 0.2) is 45.8 Å². The maximum Gasteiger partial charge on any atom is 0.294 e. The molecule has 1 N–H and O–H groups in total. The largest absolute Gasteiger partial charge is 0.493 e. The molecule has 1 fully saturated rings. The third-order valence-electron chi connectivity index (χ3n) is 4.36. The van der Waals surface area contributed by atoms with Crippen molar-refractivity contribution in [2.75, 3.05) is 26.1 Å². The summed E-state index contributed by atoms with van der Waals surface area (Å²) in [5, 5.41) is 2.18. The predicted octanol–water partition coefficient (Wildman–Crippen LogP) is 4.45. The molecule has 0 bridgehead atoms. The third-order valence-corrected chi connectivity index (χ3v) is 5.80. The average Bonchev–Trinajstić information content (AvgIpc) is 2.98. The van der Waals surface area contributed by atoms with Gasteiger partial charge in [-0.2, -0.15) is 0 Å². The molecular formula is C21H19BrN2O5S. The van der Waals surface area contributed by atoms with Crippen LogP contribution in [-0.2, 0) is 9.59 Å². The number of rotatable bonds is 6. The van der Waals surface area contributed by atoms with Gasteiger partial charge in [-0.15, -0.1) is 0 Å². The summed E-state index contributed by atoms with van der Waals surface area (Å²) >= 11 is 4.12. The highest BCUT2D eigenvalue weighted by Gasteiger charge is 2.36. The first kappa shape index (κ1) is 21.9. The van der Waals surface area contributed by atoms with Crippen LogP contribution in [0.4, 0.5) is 10.5 Å². The molecule has 1 heterocycles. The van der Waals surface area contributed by atoms with Crippen molar-refractivity contribution in [1.82, 2.24) is 4.90 Å². The van der Waals surface area contributed by atoms with Gasteiger partial charge >= 0.3 is 0 Å². The van der Waals surface area contributed by atoms with Crippen molar-refractivity contribution in [2.24, 2.45) is 0 Å². The minimum atomic E-state index is -0.509. The Labute approximate surface area is 186 Å². The zero-order valence-corrected chi connectivity index (χ0v) is 18.9. The van der Waals surface area contributed by atoms with E-state index >= 15 is 0 Å². The van der Waals surface area contributed by atoms with Gasteiger partial charge in [0.1, 0.15) is 6.54 Å². The molecule has 0 spiro atoms. The molecule has 0 aliphatic carbocycles. The highest BCUT2D eigenvalue weighted by atomic mass is 79.9. The first-order valence-corrected chi connectivity index (χ1v) is 10.5. The Balaban J connectivity index is 1.76. The molecule has 2 aromatic carbocycles. The number of thioether (sulfide) groups is 1. The molecule has 3 amide bonds. The third kappa shape index (κ3) is 4.85. The molecule has 30 heavy (non-hydrogen) atoms. The van der Waals surface area contributed by atoms with Gasteiger partial charge in [-0.1, -0.05) is 15.9 Å². The first-order chi connectivity index (χ1) is 14.3. The van der Waals surface area contributed by atoms with Gasteiger partial charge in [-0.05, 0) is 72.3 Å². The van der Waals surface area contributed by atoms with Crippen LogP contribution in [0.5, 0.6) is 11.5 Å². The number of benzene rings is 2. The second-order valence-electron chi connectivity index (χ2n) is 6.39. The predicted molar refractivity (Wildman–Crippen MR) is 120 cm³/mol. The molecule has 1 saturated heterocycles. The lowest BCUT2D eigenvalue weighted by Gasteiger charge is -2.13. The lowest BCUT2D eigenvalue weighted by atomic mass is 10.1. The van der Waals surface area contributed by atoms with Crippen molar-refractivity contribution < 1.29 is 23.9 Å². The van der Waals surface area contributed by atoms with Crippen LogP contribution in [0.2, 0.25) is 0 Å². The number of amides is 3. The van der Waals surface area contributed by atoms with E-state index < -0.39 is 17.1 Å². The van der Waals surface area contributed by atoms with Gasteiger partial charge in [-0.3, -0.25) is 19.3 Å². The van der Waals surface area contributed by atoms with Crippen molar-refractivity contribution in [2.45, 2.75) is 6.92 Å². The van der Waals surface area contributed by atoms with E-state index in [1.54, 1.807) is 49.6 Å². The van der Waals surface area contributed by atoms with E-state index in [9.17, 15) is 14.4 Å². The molecule has 0 saturated carbocycles. The summed E-state index contributed by atoms with van der Waals surface area (Å²) in [6.45, 7) is 1.51. The van der Waals surface area contributed by atoms with Crippen molar-refractivity contribution in [3.05, 3.63) is 56.9 Å². The lowest BCUT2D eigenvalue weighted by Crippen LogP contribution is -2.36. The normalized spacial score (nSPS) is 14.9. The Hall–Kier alpha value is -2.78. The van der Waals surface area contributed by atoms with Crippen molar-refractivity contribution >= 4 is 56.5 Å². The molecule has 2 aromatic rings. The van der Waals surface area contributed by atoms with E-state index in [1.165, 1.54) is 7.11 Å². The Morgan fingerprint density at radius 1 is 1.13 bits per heavy atom. The van der Waals surface area contributed by atoms with Crippen molar-refractivity contribution in [1.29, 1.82) is 0 Å². The van der Waals surface area contributed by atoms with E-state index in [0.717, 1.165) is 32.3 Å². The van der Waals surface area contributed by atoms with Crippen molar-refractivity contribution in [3.63, 3.8) is 0 Å². The zero-order valence-electron chi connectivity index (χ0n) is 16.5. The molecule has 7 nitrogen and oxygen atoms in total. The fourth-order valence-corrected chi connectivity index (χ4v) is 3.90. The maximum absolute atomic E-state index is 12.7. The number of aryl methyl sites for hydroxylation is 1. The number of nitrogens with one attached hydrogen (secondary N) is 1. The Kier molecular flexibility index (Phi) is 6.84. The topological polar surface area (TPSA) is 84.9 Å². The van der Waals surface area contributed by atoms with Gasteiger partial charge in [-0.25, -0.2) is 0 Å². The van der Waals surface area contributed by atoms with Gasteiger partial charge in [0.25, 0.3) is 11.1 Å². The molecule has 156 valence electrons. The summed E-state index contributed by atoms with van der Waals surface area (Å²) in [5.74, 6) is 0.126. The van der Waals surface area contributed by atoms with Gasteiger partial charge in [0, 0.05) is 10.2 Å². The number of hydrogen-bond donors (Lipinski definition) is 1. The minimum absolute atomic E-state index is 0.242. The highest BCUT2D eigenvalue weighted by molar-refractivity contribution is 9.10. The SMILES string of the molecule is COc1cc(C)c(/C=C2\SC(=O)N(CC(=O)Nc3ccc(Br)cc3)C2=O)cc1OC. The number of imide groups is 1.